The van der Waals surface area contributed by atoms with E-state index in [1.807, 2.05) is 18.2 Å². The summed E-state index contributed by atoms with van der Waals surface area (Å²) in [7, 11) is 0. The maximum absolute atomic E-state index is 12.9. The first kappa shape index (κ1) is 16.7. The molecule has 0 atom stereocenters. The summed E-state index contributed by atoms with van der Waals surface area (Å²) in [4.78, 5) is 12.3. The van der Waals surface area contributed by atoms with Crippen LogP contribution in [0, 0.1) is 5.82 Å². The van der Waals surface area contributed by atoms with Gasteiger partial charge in [0.05, 0.1) is 5.54 Å². The second kappa shape index (κ2) is 6.86. The van der Waals surface area contributed by atoms with Gasteiger partial charge in [-0.3, -0.25) is 0 Å². The highest BCUT2D eigenvalue weighted by molar-refractivity contribution is 5.75. The van der Waals surface area contributed by atoms with Gasteiger partial charge in [0.2, 0.25) is 0 Å². The van der Waals surface area contributed by atoms with Crippen LogP contribution in [-0.4, -0.2) is 25.8 Å². The third kappa shape index (κ3) is 3.59. The zero-order valence-corrected chi connectivity index (χ0v) is 14.4. The average Bonchev–Trinajstić information content (AvgIpc) is 3.43. The molecule has 0 aromatic heterocycles. The van der Waals surface area contributed by atoms with Crippen molar-refractivity contribution in [3.8, 4) is 11.5 Å². The van der Waals surface area contributed by atoms with Gasteiger partial charge in [0, 0.05) is 6.54 Å². The number of halogens is 1. The van der Waals surface area contributed by atoms with Gasteiger partial charge < -0.3 is 20.1 Å². The molecular weight excluding hydrogens is 335 g/mol. The summed E-state index contributed by atoms with van der Waals surface area (Å²) in [6.45, 7) is 1.60. The molecule has 2 aromatic rings. The van der Waals surface area contributed by atoms with Crippen LogP contribution in [0.1, 0.15) is 24.0 Å². The summed E-state index contributed by atoms with van der Waals surface area (Å²) in [5, 5.41) is 5.95. The first-order chi connectivity index (χ1) is 12.6. The topological polar surface area (TPSA) is 59.6 Å². The second-order valence-electron chi connectivity index (χ2n) is 6.70. The molecule has 2 aliphatic rings. The highest BCUT2D eigenvalue weighted by atomic mass is 19.1. The molecule has 1 aliphatic heterocycles. The van der Waals surface area contributed by atoms with E-state index in [1.165, 1.54) is 12.1 Å². The van der Waals surface area contributed by atoms with Crippen LogP contribution >= 0.6 is 0 Å². The lowest BCUT2D eigenvalue weighted by Gasteiger charge is -2.23. The maximum Gasteiger partial charge on any atom is 0.315 e. The molecule has 0 saturated heterocycles. The molecular formula is C20H21FN2O3. The molecule has 4 rings (SSSR count). The molecule has 1 saturated carbocycles. The van der Waals surface area contributed by atoms with Gasteiger partial charge in [-0.25, -0.2) is 9.18 Å². The van der Waals surface area contributed by atoms with E-state index in [9.17, 15) is 9.18 Å². The van der Waals surface area contributed by atoms with Crippen LogP contribution in [0.3, 0.4) is 0 Å². The lowest BCUT2D eigenvalue weighted by molar-refractivity contribution is 0.171. The van der Waals surface area contributed by atoms with E-state index in [2.05, 4.69) is 10.6 Å². The van der Waals surface area contributed by atoms with Gasteiger partial charge in [-0.05, 0) is 54.7 Å². The quantitative estimate of drug-likeness (QED) is 0.865. The molecule has 6 heteroatoms. The number of hydrogen-bond acceptors (Lipinski definition) is 3. The van der Waals surface area contributed by atoms with Crippen molar-refractivity contribution in [1.82, 2.24) is 10.6 Å². The van der Waals surface area contributed by atoms with E-state index in [0.29, 0.717) is 26.2 Å². The van der Waals surface area contributed by atoms with E-state index >= 15 is 0 Å². The van der Waals surface area contributed by atoms with Gasteiger partial charge in [-0.1, -0.05) is 18.2 Å². The van der Waals surface area contributed by atoms with Gasteiger partial charge in [0.25, 0.3) is 0 Å². The Labute approximate surface area is 151 Å². The maximum atomic E-state index is 12.9. The smallest absolute Gasteiger partial charge is 0.315 e. The van der Waals surface area contributed by atoms with Crippen LogP contribution in [0.15, 0.2) is 42.5 Å². The Hall–Kier alpha value is -2.76. The SMILES string of the molecule is O=C(NCCc1ccc(F)cc1)NC1(c2ccc3c(c2)OCCO3)CC1. The lowest BCUT2D eigenvalue weighted by atomic mass is 10.0. The molecule has 2 N–H and O–H groups in total. The molecule has 0 bridgehead atoms. The number of nitrogens with one attached hydrogen (secondary N) is 2. The molecule has 26 heavy (non-hydrogen) atoms. The third-order valence-corrected chi connectivity index (χ3v) is 4.81. The predicted molar refractivity (Wildman–Crippen MR) is 95.0 cm³/mol. The number of urea groups is 1. The summed E-state index contributed by atoms with van der Waals surface area (Å²) in [6, 6.07) is 12.0. The van der Waals surface area contributed by atoms with Gasteiger partial charge in [0.1, 0.15) is 19.0 Å². The Morgan fingerprint density at radius 1 is 1.04 bits per heavy atom. The summed E-state index contributed by atoms with van der Waals surface area (Å²) < 4.78 is 24.1. The zero-order valence-electron chi connectivity index (χ0n) is 14.4. The van der Waals surface area contributed by atoms with Crippen molar-refractivity contribution < 1.29 is 18.7 Å². The van der Waals surface area contributed by atoms with E-state index < -0.39 is 0 Å². The van der Waals surface area contributed by atoms with Crippen LogP contribution in [0.2, 0.25) is 0 Å². The number of carbonyl (C=O) groups is 1. The summed E-state index contributed by atoms with van der Waals surface area (Å²) >= 11 is 0. The van der Waals surface area contributed by atoms with Crippen molar-refractivity contribution in [3.05, 3.63) is 59.4 Å². The van der Waals surface area contributed by atoms with Crippen LogP contribution in [0.4, 0.5) is 9.18 Å². The van der Waals surface area contributed by atoms with Gasteiger partial charge in [0.15, 0.2) is 11.5 Å². The Morgan fingerprint density at radius 2 is 1.77 bits per heavy atom. The minimum absolute atomic E-state index is 0.195. The van der Waals surface area contributed by atoms with E-state index in [-0.39, 0.29) is 17.4 Å². The normalized spacial score (nSPS) is 16.7. The fourth-order valence-corrected chi connectivity index (χ4v) is 3.18. The molecule has 2 aromatic carbocycles. The lowest BCUT2D eigenvalue weighted by Crippen LogP contribution is -2.42. The molecule has 1 heterocycles. The van der Waals surface area contributed by atoms with E-state index in [1.54, 1.807) is 12.1 Å². The van der Waals surface area contributed by atoms with Crippen molar-refractivity contribution in [2.45, 2.75) is 24.8 Å². The number of hydrogen-bond donors (Lipinski definition) is 2. The minimum atomic E-state index is -0.324. The number of benzene rings is 2. The van der Waals surface area contributed by atoms with Gasteiger partial charge >= 0.3 is 6.03 Å². The molecule has 2 amide bonds. The standard InChI is InChI=1S/C20H21FN2O3/c21-16-4-1-14(2-5-16)7-10-22-19(24)23-20(8-9-20)15-3-6-17-18(13-15)26-12-11-25-17/h1-6,13H,7-12H2,(H2,22,23,24). The fourth-order valence-electron chi connectivity index (χ4n) is 3.18. The highest BCUT2D eigenvalue weighted by Crippen LogP contribution is 2.47. The molecule has 5 nitrogen and oxygen atoms in total. The number of rotatable bonds is 5. The number of amides is 2. The van der Waals surface area contributed by atoms with Gasteiger partial charge in [-0.2, -0.15) is 0 Å². The molecule has 0 radical (unpaired) electrons. The van der Waals surface area contributed by atoms with Crippen molar-refractivity contribution in [1.29, 1.82) is 0 Å². The molecule has 1 aliphatic carbocycles. The number of ether oxygens (including phenoxy) is 2. The van der Waals surface area contributed by atoms with Crippen LogP contribution < -0.4 is 20.1 Å². The minimum Gasteiger partial charge on any atom is -0.486 e. The van der Waals surface area contributed by atoms with Gasteiger partial charge in [-0.15, -0.1) is 0 Å². The van der Waals surface area contributed by atoms with Crippen molar-refractivity contribution in [2.24, 2.45) is 0 Å². The first-order valence-electron chi connectivity index (χ1n) is 8.85. The van der Waals surface area contributed by atoms with Crippen LogP contribution in [0.25, 0.3) is 0 Å². The zero-order chi connectivity index (χ0) is 18.0. The Bertz CT molecular complexity index is 803. The van der Waals surface area contributed by atoms with Crippen molar-refractivity contribution >= 4 is 6.03 Å². The Kier molecular flexibility index (Phi) is 4.41. The first-order valence-corrected chi connectivity index (χ1v) is 8.85. The van der Waals surface area contributed by atoms with E-state index in [4.69, 9.17) is 9.47 Å². The third-order valence-electron chi connectivity index (χ3n) is 4.81. The Morgan fingerprint density at radius 3 is 2.50 bits per heavy atom. The Balaban J connectivity index is 1.33. The number of carbonyl (C=O) groups excluding carboxylic acids is 1. The second-order valence-corrected chi connectivity index (χ2v) is 6.70. The monoisotopic (exact) mass is 356 g/mol. The summed E-state index contributed by atoms with van der Waals surface area (Å²) in [5.41, 5.74) is 1.70. The molecule has 136 valence electrons. The summed E-state index contributed by atoms with van der Waals surface area (Å²) in [5.74, 6) is 1.23. The number of fused-ring (bicyclic) bond motifs is 1. The van der Waals surface area contributed by atoms with Crippen molar-refractivity contribution in [3.63, 3.8) is 0 Å². The average molecular weight is 356 g/mol. The van der Waals surface area contributed by atoms with Crippen LogP contribution in [0.5, 0.6) is 11.5 Å². The highest BCUT2D eigenvalue weighted by Gasteiger charge is 2.46. The molecule has 0 spiro atoms. The summed E-state index contributed by atoms with van der Waals surface area (Å²) in [6.07, 6.45) is 2.46. The van der Waals surface area contributed by atoms with Crippen molar-refractivity contribution in [2.75, 3.05) is 19.8 Å². The molecule has 1 fully saturated rings. The molecule has 0 unspecified atom stereocenters. The van der Waals surface area contributed by atoms with Crippen LogP contribution in [-0.2, 0) is 12.0 Å². The fraction of sp³-hybridized carbons (Fsp3) is 0.350. The predicted octanol–water partition coefficient (Wildman–Crippen LogP) is 3.13. The van der Waals surface area contributed by atoms with E-state index in [0.717, 1.165) is 35.5 Å². The largest absolute Gasteiger partial charge is 0.486 e.